The molecule has 0 amide bonds. The zero-order chi connectivity index (χ0) is 9.07. The van der Waals surface area contributed by atoms with Gasteiger partial charge in [0.15, 0.2) is 0 Å². The lowest BCUT2D eigenvalue weighted by molar-refractivity contribution is 0.358. The molecular formula is C10H23Si. The fraction of sp³-hybridized carbons (Fsp3) is 1.00. The summed E-state index contributed by atoms with van der Waals surface area (Å²) in [6.07, 6.45) is 2.77. The molecule has 0 saturated carbocycles. The van der Waals surface area contributed by atoms with Crippen molar-refractivity contribution < 1.29 is 0 Å². The molecule has 0 aliphatic rings. The minimum absolute atomic E-state index is 0.0930. The van der Waals surface area contributed by atoms with Crippen LogP contribution in [0.25, 0.3) is 0 Å². The highest BCUT2D eigenvalue weighted by atomic mass is 28.3. The molecule has 0 nitrogen and oxygen atoms in total. The van der Waals surface area contributed by atoms with Crippen molar-refractivity contribution in [1.82, 2.24) is 0 Å². The van der Waals surface area contributed by atoms with Crippen LogP contribution < -0.4 is 0 Å². The van der Waals surface area contributed by atoms with Gasteiger partial charge in [0.2, 0.25) is 0 Å². The molecule has 0 fully saturated rings. The third-order valence-corrected chi connectivity index (χ3v) is 4.87. The Morgan fingerprint density at radius 1 is 1.18 bits per heavy atom. The Bertz CT molecular complexity index is 99.9. The lowest BCUT2D eigenvalue weighted by Gasteiger charge is -2.33. The van der Waals surface area contributed by atoms with Crippen LogP contribution in [0.4, 0.5) is 0 Å². The van der Waals surface area contributed by atoms with E-state index in [4.69, 9.17) is 0 Å². The van der Waals surface area contributed by atoms with Gasteiger partial charge in [0.05, 0.1) is 0 Å². The van der Waals surface area contributed by atoms with Crippen LogP contribution in [0.5, 0.6) is 0 Å². The van der Waals surface area contributed by atoms with Crippen LogP contribution in [0.2, 0.25) is 18.6 Å². The summed E-state index contributed by atoms with van der Waals surface area (Å²) in [4.78, 5) is 0. The second kappa shape index (κ2) is 4.29. The molecule has 0 saturated heterocycles. The molecule has 67 valence electrons. The van der Waals surface area contributed by atoms with Crippen molar-refractivity contribution in [3.63, 3.8) is 0 Å². The monoisotopic (exact) mass is 171 g/mol. The average Bonchev–Trinajstić information content (AvgIpc) is 1.79. The smallest absolute Gasteiger partial charge is 0.0451 e. The van der Waals surface area contributed by atoms with Gasteiger partial charge >= 0.3 is 0 Å². The Morgan fingerprint density at radius 3 is 1.73 bits per heavy atom. The molecule has 1 radical (unpaired) electrons. The van der Waals surface area contributed by atoms with Crippen molar-refractivity contribution in [3.05, 3.63) is 0 Å². The third kappa shape index (κ3) is 3.95. The van der Waals surface area contributed by atoms with Gasteiger partial charge in [-0.3, -0.25) is 0 Å². The maximum atomic E-state index is 2.44. The lowest BCUT2D eigenvalue weighted by atomic mass is 9.89. The first kappa shape index (κ1) is 11.2. The van der Waals surface area contributed by atoms with Crippen LogP contribution in [-0.4, -0.2) is 8.80 Å². The van der Waals surface area contributed by atoms with Crippen LogP contribution in [0.15, 0.2) is 0 Å². The maximum absolute atomic E-state index is 2.44. The van der Waals surface area contributed by atoms with Crippen molar-refractivity contribution in [3.8, 4) is 0 Å². The quantitative estimate of drug-likeness (QED) is 0.564. The summed E-state index contributed by atoms with van der Waals surface area (Å²) >= 11 is 0. The van der Waals surface area contributed by atoms with Crippen LogP contribution in [0.3, 0.4) is 0 Å². The van der Waals surface area contributed by atoms with Crippen LogP contribution in [0, 0.1) is 5.41 Å². The molecule has 0 bridgehead atoms. The van der Waals surface area contributed by atoms with Gasteiger partial charge in [-0.25, -0.2) is 0 Å². The summed E-state index contributed by atoms with van der Waals surface area (Å²) in [6.45, 7) is 14.3. The van der Waals surface area contributed by atoms with Crippen molar-refractivity contribution in [2.45, 2.75) is 59.2 Å². The van der Waals surface area contributed by atoms with Crippen LogP contribution >= 0.6 is 0 Å². The number of rotatable bonds is 3. The first-order valence-corrected chi connectivity index (χ1v) is 7.27. The van der Waals surface area contributed by atoms with Crippen LogP contribution in [0.1, 0.15) is 40.5 Å². The Hall–Kier alpha value is 0.217. The van der Waals surface area contributed by atoms with E-state index in [0.29, 0.717) is 5.41 Å². The molecule has 0 aromatic carbocycles. The minimum Gasteiger partial charge on any atom is -0.0710 e. The molecule has 0 aromatic heterocycles. The SMILES string of the molecule is CCCC([Si](C)C)C(C)(C)C. The molecule has 0 aromatic rings. The second-order valence-corrected chi connectivity index (χ2v) is 7.64. The molecule has 0 rings (SSSR count). The van der Waals surface area contributed by atoms with E-state index in [0.717, 1.165) is 5.54 Å². The van der Waals surface area contributed by atoms with Gasteiger partial charge in [-0.1, -0.05) is 53.6 Å². The lowest BCUT2D eigenvalue weighted by Crippen LogP contribution is -2.25. The predicted octanol–water partition coefficient (Wildman–Crippen LogP) is 3.96. The van der Waals surface area contributed by atoms with Crippen molar-refractivity contribution >= 4 is 8.80 Å². The Kier molecular flexibility index (Phi) is 4.38. The molecule has 0 aliphatic heterocycles. The van der Waals surface area contributed by atoms with E-state index in [1.165, 1.54) is 12.8 Å². The summed E-state index contributed by atoms with van der Waals surface area (Å²) in [5.74, 6) is 0. The molecular weight excluding hydrogens is 148 g/mol. The Balaban J connectivity index is 4.10. The van der Waals surface area contributed by atoms with Gasteiger partial charge in [0, 0.05) is 8.80 Å². The van der Waals surface area contributed by atoms with E-state index in [9.17, 15) is 0 Å². The fourth-order valence-electron chi connectivity index (χ4n) is 1.88. The van der Waals surface area contributed by atoms with Gasteiger partial charge < -0.3 is 0 Å². The Morgan fingerprint density at radius 2 is 1.64 bits per heavy atom. The number of hydrogen-bond donors (Lipinski definition) is 0. The van der Waals surface area contributed by atoms with Gasteiger partial charge in [0.25, 0.3) is 0 Å². The highest BCUT2D eigenvalue weighted by molar-refractivity contribution is 6.57. The topological polar surface area (TPSA) is 0 Å². The molecule has 1 heteroatoms. The van der Waals surface area contributed by atoms with Gasteiger partial charge in [-0.2, -0.15) is 0 Å². The normalized spacial score (nSPS) is 15.5. The average molecular weight is 171 g/mol. The molecule has 0 heterocycles. The van der Waals surface area contributed by atoms with Crippen molar-refractivity contribution in [1.29, 1.82) is 0 Å². The summed E-state index contributed by atoms with van der Waals surface area (Å²) in [7, 11) is -0.0930. The second-order valence-electron chi connectivity index (χ2n) is 4.78. The third-order valence-electron chi connectivity index (χ3n) is 2.32. The summed E-state index contributed by atoms with van der Waals surface area (Å²) in [5.41, 5.74) is 1.52. The first-order valence-electron chi connectivity index (χ1n) is 4.69. The largest absolute Gasteiger partial charge is 0.0710 e. The standard InChI is InChI=1S/C10H23Si/c1-7-8-9(11(5)6)10(2,3)4/h9H,7-8H2,1-6H3. The first-order chi connectivity index (χ1) is 4.89. The highest BCUT2D eigenvalue weighted by Crippen LogP contribution is 2.37. The molecule has 1 atom stereocenters. The fourth-order valence-corrected chi connectivity index (χ4v) is 4.47. The molecule has 0 spiro atoms. The summed E-state index contributed by atoms with van der Waals surface area (Å²) < 4.78 is 0. The van der Waals surface area contributed by atoms with Crippen LogP contribution in [-0.2, 0) is 0 Å². The van der Waals surface area contributed by atoms with E-state index in [1.54, 1.807) is 0 Å². The van der Waals surface area contributed by atoms with E-state index in [1.807, 2.05) is 0 Å². The van der Waals surface area contributed by atoms with Crippen molar-refractivity contribution in [2.24, 2.45) is 5.41 Å². The summed E-state index contributed by atoms with van der Waals surface area (Å²) in [6, 6.07) is 0. The predicted molar refractivity (Wildman–Crippen MR) is 55.6 cm³/mol. The summed E-state index contributed by atoms with van der Waals surface area (Å²) in [5, 5.41) is 0. The van der Waals surface area contributed by atoms with Gasteiger partial charge in [-0.05, 0) is 11.0 Å². The Labute approximate surface area is 74.0 Å². The van der Waals surface area contributed by atoms with Gasteiger partial charge in [0.1, 0.15) is 0 Å². The number of hydrogen-bond acceptors (Lipinski definition) is 0. The van der Waals surface area contributed by atoms with E-state index < -0.39 is 0 Å². The van der Waals surface area contributed by atoms with E-state index >= 15 is 0 Å². The molecule has 0 N–H and O–H groups in total. The van der Waals surface area contributed by atoms with E-state index in [2.05, 4.69) is 40.8 Å². The molecule has 11 heavy (non-hydrogen) atoms. The zero-order valence-corrected chi connectivity index (χ0v) is 9.99. The minimum atomic E-state index is -0.0930. The molecule has 0 aliphatic carbocycles. The molecule has 1 unspecified atom stereocenters. The maximum Gasteiger partial charge on any atom is 0.0451 e. The van der Waals surface area contributed by atoms with Crippen molar-refractivity contribution in [2.75, 3.05) is 0 Å². The zero-order valence-electron chi connectivity index (χ0n) is 8.99. The van der Waals surface area contributed by atoms with Gasteiger partial charge in [-0.15, -0.1) is 0 Å². The van der Waals surface area contributed by atoms with E-state index in [-0.39, 0.29) is 8.80 Å². The highest BCUT2D eigenvalue weighted by Gasteiger charge is 2.26.